The highest BCUT2D eigenvalue weighted by atomic mass is 32.3. The molecule has 2 aromatic carbocycles. The molecule has 0 spiro atoms. The second-order valence-corrected chi connectivity index (χ2v) is 13.2. The van der Waals surface area contributed by atoms with Gasteiger partial charge in [0, 0.05) is 24.1 Å². The van der Waals surface area contributed by atoms with Crippen LogP contribution in [0, 0.1) is 20.8 Å². The van der Waals surface area contributed by atoms with Gasteiger partial charge in [0.05, 0.1) is 15.5 Å². The summed E-state index contributed by atoms with van der Waals surface area (Å²) in [5.41, 5.74) is 2.09. The molecule has 0 radical (unpaired) electrons. The van der Waals surface area contributed by atoms with Gasteiger partial charge >= 0.3 is 6.18 Å². The standard InChI is InChI=1S/C25H27F3N2O3S3/c1-15-6-5-7-16(2)23(15)35-24-17(3)12-22(34-24)36(31,32)29-18-8-9-20(25(26,27)28)21(13-18)33-19-10-11-30(4)14-19/h5-9,12-13,19,29H,10-11,14H2,1-4H3/t19-/m1/s1. The fourth-order valence-corrected chi connectivity index (χ4v) is 8.05. The Labute approximate surface area is 217 Å². The van der Waals surface area contributed by atoms with E-state index >= 15 is 0 Å². The Morgan fingerprint density at radius 3 is 2.39 bits per heavy atom. The second kappa shape index (κ2) is 10.3. The normalized spacial score (nSPS) is 16.9. The molecular weight excluding hydrogens is 529 g/mol. The highest BCUT2D eigenvalue weighted by Crippen LogP contribution is 2.42. The number of nitrogens with zero attached hydrogens (tertiary/aromatic N) is 1. The van der Waals surface area contributed by atoms with Crippen molar-refractivity contribution in [2.75, 3.05) is 24.9 Å². The average Bonchev–Trinajstić information content (AvgIpc) is 3.35. The minimum atomic E-state index is -4.62. The Hall–Kier alpha value is -2.21. The van der Waals surface area contributed by atoms with E-state index in [1.165, 1.54) is 11.8 Å². The third-order valence-electron chi connectivity index (χ3n) is 5.90. The molecule has 5 nitrogen and oxygen atoms in total. The van der Waals surface area contributed by atoms with Crippen molar-refractivity contribution >= 4 is 38.8 Å². The first-order valence-electron chi connectivity index (χ1n) is 11.3. The van der Waals surface area contributed by atoms with Crippen LogP contribution < -0.4 is 9.46 Å². The zero-order valence-electron chi connectivity index (χ0n) is 20.3. The van der Waals surface area contributed by atoms with Crippen LogP contribution in [-0.4, -0.2) is 39.6 Å². The van der Waals surface area contributed by atoms with Gasteiger partial charge in [-0.05, 0) is 69.1 Å². The number of thiophene rings is 1. The zero-order valence-corrected chi connectivity index (χ0v) is 22.7. The molecule has 0 amide bonds. The van der Waals surface area contributed by atoms with Crippen LogP contribution in [0.2, 0.25) is 0 Å². The number of likely N-dealkylation sites (N-methyl/N-ethyl adjacent to an activating group) is 1. The summed E-state index contributed by atoms with van der Waals surface area (Å²) in [7, 11) is -2.15. The average molecular weight is 557 g/mol. The SMILES string of the molecule is Cc1cc(S(=O)(=O)Nc2ccc(C(F)(F)F)c(O[C@@H]3CCN(C)C3)c2)sc1Sc1c(C)cccc1C. The van der Waals surface area contributed by atoms with Crippen molar-refractivity contribution in [3.05, 3.63) is 64.7 Å². The van der Waals surface area contributed by atoms with Crippen LogP contribution in [-0.2, 0) is 16.2 Å². The minimum Gasteiger partial charge on any atom is -0.488 e. The molecule has 3 aromatic rings. The summed E-state index contributed by atoms with van der Waals surface area (Å²) in [5.74, 6) is -0.378. The molecule has 1 N–H and O–H groups in total. The fraction of sp³-hybridized carbons (Fsp3) is 0.360. The third kappa shape index (κ3) is 6.01. The van der Waals surface area contributed by atoms with Crippen LogP contribution in [0.5, 0.6) is 5.75 Å². The molecule has 36 heavy (non-hydrogen) atoms. The molecular formula is C25H27F3N2O3S3. The predicted molar refractivity (Wildman–Crippen MR) is 138 cm³/mol. The van der Waals surface area contributed by atoms with Gasteiger partial charge in [-0.1, -0.05) is 30.0 Å². The first-order chi connectivity index (χ1) is 16.8. The van der Waals surface area contributed by atoms with Gasteiger partial charge in [0.15, 0.2) is 0 Å². The Kier molecular flexibility index (Phi) is 7.66. The summed E-state index contributed by atoms with van der Waals surface area (Å²) >= 11 is 2.64. The first-order valence-corrected chi connectivity index (χ1v) is 14.4. The van der Waals surface area contributed by atoms with E-state index in [0.29, 0.717) is 13.0 Å². The lowest BCUT2D eigenvalue weighted by atomic mass is 10.1. The van der Waals surface area contributed by atoms with E-state index in [4.69, 9.17) is 4.74 Å². The van der Waals surface area contributed by atoms with Crippen LogP contribution in [0.15, 0.2) is 55.8 Å². The molecule has 1 aromatic heterocycles. The minimum absolute atomic E-state index is 0.0133. The first kappa shape index (κ1) is 26.8. The smallest absolute Gasteiger partial charge is 0.419 e. The lowest BCUT2D eigenvalue weighted by Gasteiger charge is -2.19. The number of alkyl halides is 3. The van der Waals surface area contributed by atoms with Crippen LogP contribution >= 0.6 is 23.1 Å². The third-order valence-corrected chi connectivity index (χ3v) is 10.6. The molecule has 1 atom stereocenters. The van der Waals surface area contributed by atoms with Gasteiger partial charge in [-0.3, -0.25) is 4.72 Å². The molecule has 0 bridgehead atoms. The van der Waals surface area contributed by atoms with E-state index in [1.54, 1.807) is 6.07 Å². The van der Waals surface area contributed by atoms with E-state index in [-0.39, 0.29) is 15.6 Å². The molecule has 1 saturated heterocycles. The van der Waals surface area contributed by atoms with E-state index in [2.05, 4.69) is 4.72 Å². The summed E-state index contributed by atoms with van der Waals surface area (Å²) in [6, 6.07) is 10.7. The fourth-order valence-electron chi connectivity index (χ4n) is 4.02. The van der Waals surface area contributed by atoms with Crippen molar-refractivity contribution in [2.24, 2.45) is 0 Å². The molecule has 194 valence electrons. The Morgan fingerprint density at radius 2 is 1.78 bits per heavy atom. The van der Waals surface area contributed by atoms with Gasteiger partial charge in [-0.25, -0.2) is 8.42 Å². The zero-order chi connectivity index (χ0) is 26.3. The van der Waals surface area contributed by atoms with Gasteiger partial charge in [0.1, 0.15) is 16.1 Å². The van der Waals surface area contributed by atoms with Gasteiger partial charge in [-0.2, -0.15) is 13.2 Å². The number of sulfonamides is 1. The van der Waals surface area contributed by atoms with E-state index in [0.717, 1.165) is 61.9 Å². The molecule has 1 aliphatic heterocycles. The van der Waals surface area contributed by atoms with Crippen molar-refractivity contribution in [1.82, 2.24) is 4.90 Å². The summed E-state index contributed by atoms with van der Waals surface area (Å²) in [5, 5.41) is 0. The number of rotatable bonds is 7. The highest BCUT2D eigenvalue weighted by molar-refractivity contribution is 8.02. The molecule has 2 heterocycles. The maximum atomic E-state index is 13.6. The maximum absolute atomic E-state index is 13.6. The summed E-state index contributed by atoms with van der Waals surface area (Å²) in [6.45, 7) is 7.08. The van der Waals surface area contributed by atoms with Crippen molar-refractivity contribution in [3.8, 4) is 5.75 Å². The lowest BCUT2D eigenvalue weighted by Crippen LogP contribution is -2.23. The van der Waals surface area contributed by atoms with Gasteiger partial charge < -0.3 is 9.64 Å². The molecule has 1 fully saturated rings. The molecule has 0 aliphatic carbocycles. The van der Waals surface area contributed by atoms with Crippen LogP contribution in [0.4, 0.5) is 18.9 Å². The molecule has 11 heteroatoms. The largest absolute Gasteiger partial charge is 0.488 e. The topological polar surface area (TPSA) is 58.6 Å². The van der Waals surface area contributed by atoms with E-state index in [1.807, 2.05) is 50.9 Å². The number of likely N-dealkylation sites (tertiary alicyclic amines) is 1. The molecule has 0 saturated carbocycles. The Bertz CT molecular complexity index is 1350. The van der Waals surface area contributed by atoms with Crippen molar-refractivity contribution in [2.45, 2.75) is 52.8 Å². The monoisotopic (exact) mass is 556 g/mol. The van der Waals surface area contributed by atoms with Crippen LogP contribution in [0.25, 0.3) is 0 Å². The van der Waals surface area contributed by atoms with E-state index < -0.39 is 27.9 Å². The number of halogens is 3. The second-order valence-electron chi connectivity index (χ2n) is 8.96. The van der Waals surface area contributed by atoms with E-state index in [9.17, 15) is 21.6 Å². The molecule has 0 unspecified atom stereocenters. The Morgan fingerprint density at radius 1 is 1.08 bits per heavy atom. The summed E-state index contributed by atoms with van der Waals surface area (Å²) in [6.07, 6.45) is -4.42. The van der Waals surface area contributed by atoms with Crippen molar-refractivity contribution in [3.63, 3.8) is 0 Å². The number of anilines is 1. The number of aryl methyl sites for hydroxylation is 3. The maximum Gasteiger partial charge on any atom is 0.419 e. The Balaban J connectivity index is 1.59. The van der Waals surface area contributed by atoms with Gasteiger partial charge in [0.2, 0.25) is 0 Å². The predicted octanol–water partition coefficient (Wildman–Crippen LogP) is 6.73. The van der Waals surface area contributed by atoms with Crippen molar-refractivity contribution < 1.29 is 26.3 Å². The number of hydrogen-bond donors (Lipinski definition) is 1. The molecule has 4 rings (SSSR count). The van der Waals surface area contributed by atoms with Gasteiger partial charge in [0.25, 0.3) is 10.0 Å². The molecule has 1 aliphatic rings. The summed E-state index contributed by atoms with van der Waals surface area (Å²) < 4.78 is 76.1. The quantitative estimate of drug-likeness (QED) is 0.350. The highest BCUT2D eigenvalue weighted by Gasteiger charge is 2.36. The number of benzene rings is 2. The van der Waals surface area contributed by atoms with Gasteiger partial charge in [-0.15, -0.1) is 11.3 Å². The number of hydrogen-bond acceptors (Lipinski definition) is 6. The van der Waals surface area contributed by atoms with Crippen LogP contribution in [0.1, 0.15) is 28.7 Å². The van der Waals surface area contributed by atoms with Crippen molar-refractivity contribution in [1.29, 1.82) is 0 Å². The summed E-state index contributed by atoms with van der Waals surface area (Å²) in [4.78, 5) is 3.04. The number of ether oxygens (including phenoxy) is 1. The number of nitrogens with one attached hydrogen (secondary N) is 1. The van der Waals surface area contributed by atoms with Crippen LogP contribution in [0.3, 0.4) is 0 Å². The lowest BCUT2D eigenvalue weighted by molar-refractivity contribution is -0.139.